The first-order chi connectivity index (χ1) is 11.1. The van der Waals surface area contributed by atoms with Crippen LogP contribution in [0, 0.1) is 13.8 Å². The highest BCUT2D eigenvalue weighted by Crippen LogP contribution is 2.17. The third-order valence-corrected chi connectivity index (χ3v) is 3.85. The zero-order valence-corrected chi connectivity index (χ0v) is 14.1. The summed E-state index contributed by atoms with van der Waals surface area (Å²) in [5.74, 6) is -0.605. The molecule has 24 heavy (non-hydrogen) atoms. The molecule has 0 aliphatic heterocycles. The number of anilines is 2. The highest BCUT2D eigenvalue weighted by atomic mass is 32.2. The van der Waals surface area contributed by atoms with E-state index in [1.807, 2.05) is 0 Å². The van der Waals surface area contributed by atoms with Gasteiger partial charge in [-0.15, -0.1) is 0 Å². The second-order valence-electron chi connectivity index (χ2n) is 5.20. The van der Waals surface area contributed by atoms with Crippen molar-refractivity contribution in [2.24, 2.45) is 12.2 Å². The largest absolute Gasteiger partial charge is 0.322 e. The van der Waals surface area contributed by atoms with Crippen LogP contribution in [-0.2, 0) is 17.3 Å². The summed E-state index contributed by atoms with van der Waals surface area (Å²) in [6.07, 6.45) is 0. The number of carbonyl (C=O) groups is 1. The van der Waals surface area contributed by atoms with Gasteiger partial charge in [0.2, 0.25) is 0 Å². The zero-order valence-electron chi connectivity index (χ0n) is 13.3. The number of nitrogens with two attached hydrogens (primary N) is 1. The van der Waals surface area contributed by atoms with Crippen molar-refractivity contribution in [3.63, 3.8) is 0 Å². The van der Waals surface area contributed by atoms with E-state index in [-0.39, 0.29) is 11.3 Å². The Hall–Kier alpha value is -2.72. The van der Waals surface area contributed by atoms with Gasteiger partial charge in [-0.3, -0.25) is 14.3 Å². The first-order valence-electron chi connectivity index (χ1n) is 6.85. The molecule has 1 amide bonds. The molecular weight excluding hydrogens is 334 g/mol. The molecule has 1 heterocycles. The average molecular weight is 351 g/mol. The Morgan fingerprint density at radius 3 is 2.50 bits per heavy atom. The number of hydrogen-bond donors (Lipinski definition) is 3. The highest BCUT2D eigenvalue weighted by molar-refractivity contribution is 7.90. The summed E-state index contributed by atoms with van der Waals surface area (Å²) in [6.45, 7) is 3.33. The zero-order chi connectivity index (χ0) is 18.1. The molecule has 0 saturated heterocycles. The van der Waals surface area contributed by atoms with Crippen molar-refractivity contribution in [2.75, 3.05) is 10.0 Å². The summed E-state index contributed by atoms with van der Waals surface area (Å²) in [5.41, 5.74) is 1.00. The van der Waals surface area contributed by atoms with Crippen LogP contribution in [0.4, 0.5) is 11.4 Å². The van der Waals surface area contributed by atoms with E-state index in [2.05, 4.69) is 15.1 Å². The van der Waals surface area contributed by atoms with Gasteiger partial charge in [-0.05, 0) is 37.6 Å². The van der Waals surface area contributed by atoms with Gasteiger partial charge in [-0.25, -0.2) is 9.82 Å². The van der Waals surface area contributed by atoms with Crippen molar-refractivity contribution in [3.05, 3.63) is 51.4 Å². The molecule has 0 aliphatic carbocycles. The second-order valence-corrected chi connectivity index (χ2v) is 6.49. The van der Waals surface area contributed by atoms with E-state index in [4.69, 9.17) is 5.14 Å². The molecule has 1 aromatic carbocycles. The molecular formula is C14H17N5O4S. The van der Waals surface area contributed by atoms with Gasteiger partial charge < -0.3 is 5.32 Å². The van der Waals surface area contributed by atoms with Gasteiger partial charge in [-0.1, -0.05) is 6.07 Å². The minimum Gasteiger partial charge on any atom is -0.322 e. The topological polar surface area (TPSA) is 136 Å². The lowest BCUT2D eigenvalue weighted by molar-refractivity contribution is 0.102. The molecule has 0 bridgehead atoms. The summed E-state index contributed by atoms with van der Waals surface area (Å²) >= 11 is 0. The number of rotatable bonds is 4. The summed E-state index contributed by atoms with van der Waals surface area (Å²) < 4.78 is 25.3. The molecule has 9 nitrogen and oxygen atoms in total. The van der Waals surface area contributed by atoms with Crippen LogP contribution in [0.25, 0.3) is 0 Å². The molecule has 0 unspecified atom stereocenters. The van der Waals surface area contributed by atoms with Gasteiger partial charge >= 0.3 is 0 Å². The Bertz CT molecular complexity index is 966. The van der Waals surface area contributed by atoms with Crippen molar-refractivity contribution in [2.45, 2.75) is 13.8 Å². The molecule has 2 aromatic rings. The molecule has 0 radical (unpaired) electrons. The predicted octanol–water partition coefficient (Wildman–Crippen LogP) is 0.265. The number of carbonyl (C=O) groups excluding carboxylic acids is 1. The van der Waals surface area contributed by atoms with E-state index in [1.54, 1.807) is 19.9 Å². The number of benzene rings is 1. The van der Waals surface area contributed by atoms with E-state index in [9.17, 15) is 18.0 Å². The molecule has 0 fully saturated rings. The molecule has 128 valence electrons. The number of aromatic nitrogens is 2. The van der Waals surface area contributed by atoms with Crippen LogP contribution in [0.3, 0.4) is 0 Å². The quantitative estimate of drug-likeness (QED) is 0.726. The Morgan fingerprint density at radius 2 is 1.88 bits per heavy atom. The maximum atomic E-state index is 12.4. The van der Waals surface area contributed by atoms with Crippen LogP contribution in [0.5, 0.6) is 0 Å². The fourth-order valence-electron chi connectivity index (χ4n) is 2.13. The van der Waals surface area contributed by atoms with E-state index in [0.717, 1.165) is 4.68 Å². The van der Waals surface area contributed by atoms with Crippen LogP contribution < -0.4 is 20.7 Å². The Balaban J connectivity index is 2.35. The average Bonchev–Trinajstić information content (AvgIpc) is 2.44. The fourth-order valence-corrected chi connectivity index (χ4v) is 2.59. The maximum Gasteiger partial charge on any atom is 0.296 e. The lowest BCUT2D eigenvalue weighted by atomic mass is 10.1. The third-order valence-electron chi connectivity index (χ3n) is 3.33. The molecule has 0 aliphatic rings. The van der Waals surface area contributed by atoms with Gasteiger partial charge in [0.05, 0.1) is 11.4 Å². The van der Waals surface area contributed by atoms with Crippen molar-refractivity contribution in [1.29, 1.82) is 0 Å². The first kappa shape index (κ1) is 17.6. The van der Waals surface area contributed by atoms with Gasteiger partial charge in [0.25, 0.3) is 21.7 Å². The van der Waals surface area contributed by atoms with Gasteiger partial charge in [0.15, 0.2) is 0 Å². The van der Waals surface area contributed by atoms with Crippen molar-refractivity contribution < 1.29 is 13.2 Å². The number of nitrogens with one attached hydrogen (secondary N) is 2. The van der Waals surface area contributed by atoms with E-state index >= 15 is 0 Å². The minimum atomic E-state index is -3.92. The van der Waals surface area contributed by atoms with Gasteiger partial charge in [0.1, 0.15) is 5.56 Å². The minimum absolute atomic E-state index is 0.0187. The number of nitrogens with zero attached hydrogens (tertiary/aromatic N) is 2. The van der Waals surface area contributed by atoms with Crippen LogP contribution >= 0.6 is 0 Å². The summed E-state index contributed by atoms with van der Waals surface area (Å²) in [5, 5.41) is 11.5. The normalized spacial score (nSPS) is 11.2. The summed E-state index contributed by atoms with van der Waals surface area (Å²) in [7, 11) is -2.46. The summed E-state index contributed by atoms with van der Waals surface area (Å²) in [4.78, 5) is 24.6. The maximum absolute atomic E-state index is 12.4. The van der Waals surface area contributed by atoms with E-state index in [1.165, 1.54) is 25.2 Å². The fraction of sp³-hybridized carbons (Fsp3) is 0.214. The predicted molar refractivity (Wildman–Crippen MR) is 90.1 cm³/mol. The van der Waals surface area contributed by atoms with Crippen LogP contribution in [0.1, 0.15) is 21.6 Å². The van der Waals surface area contributed by atoms with Crippen molar-refractivity contribution >= 4 is 27.5 Å². The smallest absolute Gasteiger partial charge is 0.296 e. The molecule has 0 saturated carbocycles. The number of amides is 1. The Labute approximate surface area is 138 Å². The lowest BCUT2D eigenvalue weighted by Gasteiger charge is -2.11. The van der Waals surface area contributed by atoms with E-state index < -0.39 is 21.7 Å². The van der Waals surface area contributed by atoms with Crippen LogP contribution in [0.2, 0.25) is 0 Å². The van der Waals surface area contributed by atoms with Crippen LogP contribution in [0.15, 0.2) is 29.1 Å². The van der Waals surface area contributed by atoms with Gasteiger partial charge in [0, 0.05) is 12.7 Å². The number of aryl methyl sites for hydroxylation is 2. The molecule has 1 aromatic heterocycles. The molecule has 4 N–H and O–H groups in total. The van der Waals surface area contributed by atoms with Crippen LogP contribution in [-0.4, -0.2) is 24.1 Å². The lowest BCUT2D eigenvalue weighted by Crippen LogP contribution is -2.31. The Morgan fingerprint density at radius 1 is 1.25 bits per heavy atom. The monoisotopic (exact) mass is 351 g/mol. The third kappa shape index (κ3) is 3.97. The second kappa shape index (κ2) is 6.42. The summed E-state index contributed by atoms with van der Waals surface area (Å²) in [6, 6.07) is 5.95. The highest BCUT2D eigenvalue weighted by Gasteiger charge is 2.18. The molecule has 2 rings (SSSR count). The molecule has 0 atom stereocenters. The molecule has 10 heteroatoms. The molecule has 0 spiro atoms. The Kier molecular flexibility index (Phi) is 4.71. The van der Waals surface area contributed by atoms with Crippen molar-refractivity contribution in [1.82, 2.24) is 9.78 Å². The SMILES string of the molecule is Cc1nn(C)c(=O)c(C(=O)Nc2cccc(NS(N)(=O)=O)c2)c1C. The van der Waals surface area contributed by atoms with Gasteiger partial charge in [-0.2, -0.15) is 13.5 Å². The number of hydrogen-bond acceptors (Lipinski definition) is 5. The standard InChI is InChI=1S/C14H17N5O4S/c1-8-9(2)17-19(3)14(21)12(8)13(20)16-10-5-4-6-11(7-10)18-24(15,22)23/h4-7,18H,1-3H3,(H,16,20)(H2,15,22,23). The van der Waals surface area contributed by atoms with Crippen molar-refractivity contribution in [3.8, 4) is 0 Å². The van der Waals surface area contributed by atoms with E-state index in [0.29, 0.717) is 16.9 Å². The first-order valence-corrected chi connectivity index (χ1v) is 8.39.